The first kappa shape index (κ1) is 16.4. The molecule has 0 unspecified atom stereocenters. The standard InChI is InChI=1S/C16H24N4O2S/c1-11-12(2)23-16(18-11)14-13(21)10-20(15(14)17)5-3-4-19-6-8-22-9-7-19/h17,21H,3-10H2,1-2H3. The van der Waals surface area contributed by atoms with E-state index < -0.39 is 0 Å². The third kappa shape index (κ3) is 3.57. The number of hydrogen-bond acceptors (Lipinski definition) is 6. The Labute approximate surface area is 140 Å². The molecule has 1 aromatic heterocycles. The van der Waals surface area contributed by atoms with E-state index >= 15 is 0 Å². The fourth-order valence-electron chi connectivity index (χ4n) is 2.94. The molecule has 23 heavy (non-hydrogen) atoms. The highest BCUT2D eigenvalue weighted by atomic mass is 32.1. The Bertz CT molecular complexity index is 600. The summed E-state index contributed by atoms with van der Waals surface area (Å²) in [5.74, 6) is 0.674. The molecule has 0 amide bonds. The van der Waals surface area contributed by atoms with Crippen molar-refractivity contribution in [3.63, 3.8) is 0 Å². The van der Waals surface area contributed by atoms with Gasteiger partial charge in [-0.1, -0.05) is 0 Å². The summed E-state index contributed by atoms with van der Waals surface area (Å²) < 4.78 is 5.35. The van der Waals surface area contributed by atoms with Crippen molar-refractivity contribution < 1.29 is 9.84 Å². The Hall–Kier alpha value is -1.44. The zero-order chi connectivity index (χ0) is 16.4. The molecule has 0 radical (unpaired) electrons. The highest BCUT2D eigenvalue weighted by Gasteiger charge is 2.30. The summed E-state index contributed by atoms with van der Waals surface area (Å²) >= 11 is 1.55. The maximum Gasteiger partial charge on any atom is 0.135 e. The lowest BCUT2D eigenvalue weighted by molar-refractivity contribution is 0.0368. The van der Waals surface area contributed by atoms with E-state index in [0.717, 1.165) is 61.4 Å². The number of rotatable bonds is 5. The van der Waals surface area contributed by atoms with Crippen molar-refractivity contribution in [2.45, 2.75) is 20.3 Å². The summed E-state index contributed by atoms with van der Waals surface area (Å²) in [5.41, 5.74) is 1.58. The fourth-order valence-corrected chi connectivity index (χ4v) is 3.92. The zero-order valence-electron chi connectivity index (χ0n) is 13.8. The number of thiazole rings is 1. The van der Waals surface area contributed by atoms with Gasteiger partial charge in [-0.3, -0.25) is 10.3 Å². The van der Waals surface area contributed by atoms with Crippen molar-refractivity contribution in [3.05, 3.63) is 21.3 Å². The predicted octanol–water partition coefficient (Wildman–Crippen LogP) is 2.04. The van der Waals surface area contributed by atoms with Crippen LogP contribution in [0.25, 0.3) is 5.57 Å². The second-order valence-corrected chi connectivity index (χ2v) is 7.26. The topological polar surface area (TPSA) is 72.7 Å². The molecule has 3 heterocycles. The van der Waals surface area contributed by atoms with Gasteiger partial charge >= 0.3 is 0 Å². The second-order valence-electron chi connectivity index (χ2n) is 6.06. The molecule has 1 saturated heterocycles. The number of nitrogens with zero attached hydrogens (tertiary/aromatic N) is 3. The molecular weight excluding hydrogens is 312 g/mol. The lowest BCUT2D eigenvalue weighted by Gasteiger charge is -2.27. The molecule has 3 rings (SSSR count). The fraction of sp³-hybridized carbons (Fsp3) is 0.625. The highest BCUT2D eigenvalue weighted by molar-refractivity contribution is 7.13. The Morgan fingerprint density at radius 2 is 2.00 bits per heavy atom. The minimum atomic E-state index is 0.273. The number of aliphatic hydroxyl groups excluding tert-OH is 1. The van der Waals surface area contributed by atoms with Gasteiger partial charge in [0.1, 0.15) is 16.6 Å². The lowest BCUT2D eigenvalue weighted by atomic mass is 10.2. The van der Waals surface area contributed by atoms with Gasteiger partial charge in [-0.15, -0.1) is 11.3 Å². The summed E-state index contributed by atoms with van der Waals surface area (Å²) in [6.45, 7) is 9.82. The number of amidine groups is 1. The van der Waals surface area contributed by atoms with Crippen molar-refractivity contribution in [1.82, 2.24) is 14.8 Å². The summed E-state index contributed by atoms with van der Waals surface area (Å²) in [4.78, 5) is 9.97. The normalized spacial score (nSPS) is 19.9. The third-order valence-electron chi connectivity index (χ3n) is 4.43. The number of aromatic nitrogens is 1. The van der Waals surface area contributed by atoms with Crippen LogP contribution in [0.4, 0.5) is 0 Å². The van der Waals surface area contributed by atoms with Gasteiger partial charge < -0.3 is 14.7 Å². The number of morpholine rings is 1. The van der Waals surface area contributed by atoms with Crippen LogP contribution in [0.1, 0.15) is 22.0 Å². The minimum absolute atomic E-state index is 0.273. The number of nitrogens with one attached hydrogen (secondary N) is 1. The van der Waals surface area contributed by atoms with Crippen molar-refractivity contribution in [3.8, 4) is 0 Å². The number of ether oxygens (including phenoxy) is 1. The van der Waals surface area contributed by atoms with E-state index in [2.05, 4.69) is 9.88 Å². The average molecular weight is 336 g/mol. The maximum absolute atomic E-state index is 10.3. The van der Waals surface area contributed by atoms with Crippen LogP contribution in [-0.2, 0) is 4.74 Å². The van der Waals surface area contributed by atoms with E-state index in [1.165, 1.54) is 0 Å². The number of hydrogen-bond donors (Lipinski definition) is 2. The van der Waals surface area contributed by atoms with Crippen LogP contribution in [-0.4, -0.2) is 71.7 Å². The van der Waals surface area contributed by atoms with Gasteiger partial charge in [0.15, 0.2) is 0 Å². The van der Waals surface area contributed by atoms with E-state index in [1.807, 2.05) is 18.7 Å². The van der Waals surface area contributed by atoms with Gasteiger partial charge in [-0.2, -0.15) is 0 Å². The van der Waals surface area contributed by atoms with Crippen LogP contribution < -0.4 is 0 Å². The monoisotopic (exact) mass is 336 g/mol. The van der Waals surface area contributed by atoms with Crippen LogP contribution in [0.3, 0.4) is 0 Å². The van der Waals surface area contributed by atoms with Crippen LogP contribution in [0.15, 0.2) is 5.76 Å². The average Bonchev–Trinajstić information content (AvgIpc) is 3.00. The summed E-state index contributed by atoms with van der Waals surface area (Å²) in [6.07, 6.45) is 0.985. The summed E-state index contributed by atoms with van der Waals surface area (Å²) in [6, 6.07) is 0. The molecule has 0 saturated carbocycles. The third-order valence-corrected chi connectivity index (χ3v) is 5.52. The Kier molecular flexibility index (Phi) is 4.99. The van der Waals surface area contributed by atoms with E-state index in [1.54, 1.807) is 11.3 Å². The Balaban J connectivity index is 1.56. The van der Waals surface area contributed by atoms with Gasteiger partial charge in [-0.05, 0) is 20.3 Å². The molecule has 0 atom stereocenters. The maximum atomic E-state index is 10.3. The first-order chi connectivity index (χ1) is 11.1. The molecule has 0 aromatic carbocycles. The molecule has 0 bridgehead atoms. The van der Waals surface area contributed by atoms with Crippen molar-refractivity contribution >= 4 is 22.7 Å². The molecule has 7 heteroatoms. The van der Waals surface area contributed by atoms with Crippen LogP contribution in [0, 0.1) is 19.3 Å². The Morgan fingerprint density at radius 1 is 1.26 bits per heavy atom. The van der Waals surface area contributed by atoms with E-state index in [-0.39, 0.29) is 5.76 Å². The summed E-state index contributed by atoms with van der Waals surface area (Å²) in [7, 11) is 0. The van der Waals surface area contributed by atoms with E-state index in [4.69, 9.17) is 10.1 Å². The van der Waals surface area contributed by atoms with Gasteiger partial charge in [0, 0.05) is 31.1 Å². The smallest absolute Gasteiger partial charge is 0.135 e. The molecule has 6 nitrogen and oxygen atoms in total. The molecule has 0 spiro atoms. The lowest BCUT2D eigenvalue weighted by Crippen LogP contribution is -2.38. The molecule has 1 fully saturated rings. The number of aliphatic hydroxyl groups is 1. The van der Waals surface area contributed by atoms with Crippen LogP contribution in [0.5, 0.6) is 0 Å². The van der Waals surface area contributed by atoms with E-state index in [0.29, 0.717) is 18.0 Å². The quantitative estimate of drug-likeness (QED) is 0.861. The van der Waals surface area contributed by atoms with Gasteiger partial charge in [0.2, 0.25) is 0 Å². The number of aryl methyl sites for hydroxylation is 2. The van der Waals surface area contributed by atoms with E-state index in [9.17, 15) is 5.11 Å². The van der Waals surface area contributed by atoms with Gasteiger partial charge in [0.05, 0.1) is 31.0 Å². The molecule has 126 valence electrons. The van der Waals surface area contributed by atoms with Crippen LogP contribution >= 0.6 is 11.3 Å². The highest BCUT2D eigenvalue weighted by Crippen LogP contribution is 2.31. The predicted molar refractivity (Wildman–Crippen MR) is 92.3 cm³/mol. The Morgan fingerprint density at radius 3 is 2.65 bits per heavy atom. The van der Waals surface area contributed by atoms with Crippen molar-refractivity contribution in [1.29, 1.82) is 5.41 Å². The first-order valence-electron chi connectivity index (χ1n) is 8.06. The molecule has 2 N–H and O–H groups in total. The second kappa shape index (κ2) is 6.98. The molecule has 2 aliphatic heterocycles. The molecule has 1 aromatic rings. The van der Waals surface area contributed by atoms with Gasteiger partial charge in [0.25, 0.3) is 0 Å². The molecule has 2 aliphatic rings. The van der Waals surface area contributed by atoms with Crippen LogP contribution in [0.2, 0.25) is 0 Å². The molecular formula is C16H24N4O2S. The molecule has 0 aliphatic carbocycles. The minimum Gasteiger partial charge on any atom is -0.510 e. The SMILES string of the molecule is Cc1nc(C2=C(O)CN(CCCN3CCOCC3)C2=N)sc1C. The summed E-state index contributed by atoms with van der Waals surface area (Å²) in [5, 5.41) is 19.4. The van der Waals surface area contributed by atoms with Crippen molar-refractivity contribution in [2.24, 2.45) is 0 Å². The largest absolute Gasteiger partial charge is 0.510 e. The van der Waals surface area contributed by atoms with Crippen molar-refractivity contribution in [2.75, 3.05) is 45.9 Å². The first-order valence-corrected chi connectivity index (χ1v) is 8.88. The zero-order valence-corrected chi connectivity index (χ0v) is 14.6. The van der Waals surface area contributed by atoms with Gasteiger partial charge in [-0.25, -0.2) is 4.98 Å².